The highest BCUT2D eigenvalue weighted by atomic mass is 19.4. The summed E-state index contributed by atoms with van der Waals surface area (Å²) in [7, 11) is 0. The zero-order chi connectivity index (χ0) is 44.3. The fraction of sp³-hybridized carbons (Fsp3) is 0.143. The Bertz CT molecular complexity index is 2190. The largest absolute Gasteiger partial charge is 0.457 e. The molecular formula is C42H32F12N4O2. The number of ether oxygens (including phenoxy) is 2. The second kappa shape index (κ2) is 16.5. The van der Waals surface area contributed by atoms with Crippen LogP contribution in [-0.4, -0.2) is 24.7 Å². The fourth-order valence-corrected chi connectivity index (χ4v) is 6.40. The Balaban J connectivity index is 0.000000255. The van der Waals surface area contributed by atoms with E-state index in [0.717, 1.165) is 97.1 Å². The second-order valence-corrected chi connectivity index (χ2v) is 13.1. The summed E-state index contributed by atoms with van der Waals surface area (Å²) in [5.41, 5.74) is 10.5. The predicted octanol–water partition coefficient (Wildman–Crippen LogP) is 12.1. The van der Waals surface area contributed by atoms with Gasteiger partial charge < -0.3 is 32.4 Å². The van der Waals surface area contributed by atoms with Crippen molar-refractivity contribution in [3.8, 4) is 23.0 Å². The molecule has 6 rings (SSSR count). The molecule has 0 aliphatic heterocycles. The van der Waals surface area contributed by atoms with Crippen molar-refractivity contribution in [3.05, 3.63) is 168 Å². The van der Waals surface area contributed by atoms with Crippen LogP contribution in [0.1, 0.15) is 22.3 Å². The van der Waals surface area contributed by atoms with Crippen LogP contribution in [0.4, 0.5) is 75.4 Å². The van der Waals surface area contributed by atoms with Crippen LogP contribution in [0.5, 0.6) is 23.0 Å². The van der Waals surface area contributed by atoms with Crippen LogP contribution in [0, 0.1) is 0 Å². The third kappa shape index (κ3) is 8.81. The molecule has 0 heterocycles. The number of nitrogens with two attached hydrogens (primary N) is 4. The molecule has 6 nitrogen and oxygen atoms in total. The quantitative estimate of drug-likeness (QED) is 0.0893. The molecule has 316 valence electrons. The van der Waals surface area contributed by atoms with Gasteiger partial charge in [0, 0.05) is 34.9 Å². The zero-order valence-electron chi connectivity index (χ0n) is 30.5. The van der Waals surface area contributed by atoms with Gasteiger partial charge in [0.2, 0.25) is 10.8 Å². The van der Waals surface area contributed by atoms with E-state index >= 15 is 0 Å². The molecule has 6 aromatic carbocycles. The van der Waals surface area contributed by atoms with Gasteiger partial charge in [-0.1, -0.05) is 60.7 Å². The summed E-state index contributed by atoms with van der Waals surface area (Å²) < 4.78 is 179. The van der Waals surface area contributed by atoms with Crippen LogP contribution >= 0.6 is 0 Å². The molecule has 60 heavy (non-hydrogen) atoms. The normalized spacial score (nSPS) is 12.6. The maximum atomic E-state index is 14.4. The van der Waals surface area contributed by atoms with Gasteiger partial charge in [0.1, 0.15) is 23.0 Å². The number of anilines is 4. The third-order valence-corrected chi connectivity index (χ3v) is 9.15. The number of hydrogen-bond donors (Lipinski definition) is 4. The Hall–Kier alpha value is -6.72. The highest BCUT2D eigenvalue weighted by molar-refractivity contribution is 5.53. The average molecular weight is 853 g/mol. The first kappa shape index (κ1) is 44.4. The maximum Gasteiger partial charge on any atom is 0.411 e. The van der Waals surface area contributed by atoms with Crippen LogP contribution in [-0.2, 0) is 10.8 Å². The van der Waals surface area contributed by atoms with E-state index in [1.807, 2.05) is 0 Å². The minimum absolute atomic E-state index is 0.0403. The van der Waals surface area contributed by atoms with E-state index in [1.165, 1.54) is 12.1 Å². The van der Waals surface area contributed by atoms with Gasteiger partial charge in [-0.25, -0.2) is 0 Å². The Morgan fingerprint density at radius 3 is 0.767 bits per heavy atom. The zero-order valence-corrected chi connectivity index (χ0v) is 30.5. The lowest BCUT2D eigenvalue weighted by molar-refractivity contribution is -0.290. The van der Waals surface area contributed by atoms with E-state index in [2.05, 4.69) is 0 Å². The second-order valence-electron chi connectivity index (χ2n) is 13.1. The van der Waals surface area contributed by atoms with Gasteiger partial charge >= 0.3 is 24.7 Å². The number of benzene rings is 6. The summed E-state index contributed by atoms with van der Waals surface area (Å²) in [6.45, 7) is 0. The first-order chi connectivity index (χ1) is 27.9. The van der Waals surface area contributed by atoms with E-state index in [-0.39, 0.29) is 34.4 Å². The Kier molecular flexibility index (Phi) is 12.2. The van der Waals surface area contributed by atoms with Gasteiger partial charge in [0.25, 0.3) is 0 Å². The van der Waals surface area contributed by atoms with Gasteiger partial charge in [-0.15, -0.1) is 0 Å². The summed E-state index contributed by atoms with van der Waals surface area (Å²) >= 11 is 0. The topological polar surface area (TPSA) is 123 Å². The third-order valence-electron chi connectivity index (χ3n) is 9.15. The first-order valence-corrected chi connectivity index (χ1v) is 17.2. The Morgan fingerprint density at radius 2 is 0.533 bits per heavy atom. The molecule has 0 spiro atoms. The molecule has 0 saturated heterocycles. The van der Waals surface area contributed by atoms with Crippen molar-refractivity contribution in [1.82, 2.24) is 0 Å². The monoisotopic (exact) mass is 852 g/mol. The molecule has 0 radical (unpaired) electrons. The van der Waals surface area contributed by atoms with Crippen molar-refractivity contribution in [2.75, 3.05) is 22.9 Å². The number of halogens is 12. The summed E-state index contributed by atoms with van der Waals surface area (Å²) in [6, 6.07) is 26.5. The summed E-state index contributed by atoms with van der Waals surface area (Å²) in [4.78, 5) is 0. The summed E-state index contributed by atoms with van der Waals surface area (Å²) in [5.74, 6) is 0.639. The standard InChI is InChI=1S/C27H20F6N2O2.C15H12F6N2/c28-26(29,30)25(27(31,32)33,17-7-11-21(12-8-17)36-23-5-1-3-19(34)15-23)18-9-13-22(14-10-18)37-24-6-2-4-20(35)16-24;16-14(17,18)13(15(19,20)21,9-1-5-11(22)6-2-9)10-3-7-12(23)8-4-10/h1-16H,34-35H2;1-8H,22-23H2. The molecule has 0 aliphatic rings. The Labute approximate surface area is 333 Å². The maximum absolute atomic E-state index is 14.4. The van der Waals surface area contributed by atoms with Gasteiger partial charge in [0.15, 0.2) is 0 Å². The molecule has 0 bridgehead atoms. The van der Waals surface area contributed by atoms with Gasteiger partial charge in [-0.3, -0.25) is 0 Å². The van der Waals surface area contributed by atoms with E-state index in [9.17, 15) is 52.7 Å². The predicted molar refractivity (Wildman–Crippen MR) is 202 cm³/mol. The molecule has 0 unspecified atom stereocenters. The molecule has 0 aromatic heterocycles. The van der Waals surface area contributed by atoms with Gasteiger partial charge in [0.05, 0.1) is 0 Å². The van der Waals surface area contributed by atoms with Crippen LogP contribution in [0.3, 0.4) is 0 Å². The lowest BCUT2D eigenvalue weighted by Crippen LogP contribution is -2.54. The molecule has 18 heteroatoms. The van der Waals surface area contributed by atoms with E-state index < -0.39 is 57.8 Å². The van der Waals surface area contributed by atoms with Crippen molar-refractivity contribution in [2.45, 2.75) is 35.5 Å². The molecule has 8 N–H and O–H groups in total. The number of nitrogen functional groups attached to an aromatic ring is 4. The lowest BCUT2D eigenvalue weighted by atomic mass is 9.73. The van der Waals surface area contributed by atoms with E-state index in [0.29, 0.717) is 11.4 Å². The van der Waals surface area contributed by atoms with Crippen molar-refractivity contribution in [1.29, 1.82) is 0 Å². The van der Waals surface area contributed by atoms with Crippen molar-refractivity contribution in [3.63, 3.8) is 0 Å². The molecular weight excluding hydrogens is 820 g/mol. The fourth-order valence-electron chi connectivity index (χ4n) is 6.40. The van der Waals surface area contributed by atoms with Crippen molar-refractivity contribution in [2.24, 2.45) is 0 Å². The van der Waals surface area contributed by atoms with E-state index in [4.69, 9.17) is 32.4 Å². The molecule has 0 amide bonds. The molecule has 0 aliphatic carbocycles. The Morgan fingerprint density at radius 1 is 0.283 bits per heavy atom. The average Bonchev–Trinajstić information content (AvgIpc) is 3.13. The SMILES string of the molecule is Nc1ccc(C(c2ccc(N)cc2)(C(F)(F)F)C(F)(F)F)cc1.Nc1cccc(Oc2ccc(C(c3ccc(Oc4cccc(N)c4)cc3)(C(F)(F)F)C(F)(F)F)cc2)c1. The van der Waals surface area contributed by atoms with Crippen LogP contribution in [0.2, 0.25) is 0 Å². The van der Waals surface area contributed by atoms with E-state index in [1.54, 1.807) is 36.4 Å². The van der Waals surface area contributed by atoms with Crippen LogP contribution in [0.25, 0.3) is 0 Å². The molecule has 0 saturated carbocycles. The van der Waals surface area contributed by atoms with Crippen LogP contribution < -0.4 is 32.4 Å². The smallest absolute Gasteiger partial charge is 0.411 e. The molecule has 6 aromatic rings. The summed E-state index contributed by atoms with van der Waals surface area (Å²) in [5, 5.41) is 0. The molecule has 0 atom stereocenters. The number of alkyl halides is 12. The van der Waals surface area contributed by atoms with Crippen molar-refractivity contribution < 1.29 is 62.2 Å². The van der Waals surface area contributed by atoms with Gasteiger partial charge in [-0.05, 0) is 95.1 Å². The highest BCUT2D eigenvalue weighted by Crippen LogP contribution is 2.58. The first-order valence-electron chi connectivity index (χ1n) is 17.2. The summed E-state index contributed by atoms with van der Waals surface area (Å²) in [6.07, 6.45) is -22.7. The minimum atomic E-state index is -5.72. The van der Waals surface area contributed by atoms with Crippen molar-refractivity contribution >= 4 is 22.7 Å². The lowest BCUT2D eigenvalue weighted by Gasteiger charge is -2.38. The van der Waals surface area contributed by atoms with Crippen LogP contribution in [0.15, 0.2) is 146 Å². The minimum Gasteiger partial charge on any atom is -0.457 e. The highest BCUT2D eigenvalue weighted by Gasteiger charge is 2.73. The number of rotatable bonds is 8. The number of hydrogen-bond acceptors (Lipinski definition) is 6. The molecule has 0 fully saturated rings. The van der Waals surface area contributed by atoms with Gasteiger partial charge in [-0.2, -0.15) is 52.7 Å².